The smallest absolute Gasteiger partial charge is 0.244 e. The molecule has 3 aromatic rings. The number of aryl methyl sites for hydroxylation is 1. The second-order valence-electron chi connectivity index (χ2n) is 6.85. The van der Waals surface area contributed by atoms with Crippen molar-refractivity contribution in [2.24, 2.45) is 4.99 Å². The summed E-state index contributed by atoms with van der Waals surface area (Å²) in [5, 5.41) is 5.08. The maximum absolute atomic E-state index is 12.9. The van der Waals surface area contributed by atoms with Gasteiger partial charge in [-0.05, 0) is 54.8 Å². The maximum atomic E-state index is 12.9. The number of hydrogen-bond acceptors (Lipinski definition) is 2. The number of fused-ring (bicyclic) bond motifs is 3. The Morgan fingerprint density at radius 1 is 1.18 bits per heavy atom. The largest absolute Gasteiger partial charge is 0.330 e. The van der Waals surface area contributed by atoms with Crippen molar-refractivity contribution in [3.8, 4) is 0 Å². The standard InChI is InChI=1S/C22H19Cl2N3O/c1-13-4-3-5-18(14(13)2)26-20(28)12-27-19-9-11-25-10-8-15(19)21-16(23)6-7-17(24)22(21)27/h3-7,9-11H,8,12H2,1-2H3,(H,26,28). The molecule has 0 saturated carbocycles. The van der Waals surface area contributed by atoms with Crippen LogP contribution in [0, 0.1) is 13.8 Å². The molecule has 1 N–H and O–H groups in total. The van der Waals surface area contributed by atoms with E-state index in [0.29, 0.717) is 16.5 Å². The molecule has 6 heteroatoms. The molecule has 28 heavy (non-hydrogen) atoms. The van der Waals surface area contributed by atoms with E-state index in [4.69, 9.17) is 23.2 Å². The van der Waals surface area contributed by atoms with E-state index >= 15 is 0 Å². The van der Waals surface area contributed by atoms with Gasteiger partial charge in [0.2, 0.25) is 5.91 Å². The lowest BCUT2D eigenvalue weighted by atomic mass is 10.1. The van der Waals surface area contributed by atoms with E-state index in [-0.39, 0.29) is 12.5 Å². The fourth-order valence-electron chi connectivity index (χ4n) is 3.60. The number of nitrogens with one attached hydrogen (secondary N) is 1. The molecule has 0 unspecified atom stereocenters. The Hall–Kier alpha value is -2.56. The van der Waals surface area contributed by atoms with Crippen LogP contribution in [0.25, 0.3) is 17.0 Å². The molecule has 142 valence electrons. The lowest BCUT2D eigenvalue weighted by Gasteiger charge is -2.13. The molecule has 1 aliphatic rings. The first-order valence-electron chi connectivity index (χ1n) is 9.00. The fraction of sp³-hybridized carbons (Fsp3) is 0.182. The summed E-state index contributed by atoms with van der Waals surface area (Å²) in [5.74, 6) is -0.122. The van der Waals surface area contributed by atoms with Gasteiger partial charge in [0.15, 0.2) is 0 Å². The van der Waals surface area contributed by atoms with E-state index in [1.807, 2.05) is 48.9 Å². The number of anilines is 1. The van der Waals surface area contributed by atoms with Crippen molar-refractivity contribution in [3.05, 3.63) is 69.0 Å². The highest BCUT2D eigenvalue weighted by atomic mass is 35.5. The lowest BCUT2D eigenvalue weighted by molar-refractivity contribution is -0.116. The molecule has 4 rings (SSSR count). The number of nitrogens with zero attached hydrogens (tertiary/aromatic N) is 2. The van der Waals surface area contributed by atoms with Crippen LogP contribution in [0.1, 0.15) is 22.4 Å². The third kappa shape index (κ3) is 3.23. The molecule has 0 atom stereocenters. The summed E-state index contributed by atoms with van der Waals surface area (Å²) in [6, 6.07) is 9.43. The van der Waals surface area contributed by atoms with Crippen molar-refractivity contribution in [3.63, 3.8) is 0 Å². The van der Waals surface area contributed by atoms with Gasteiger partial charge in [-0.1, -0.05) is 35.3 Å². The van der Waals surface area contributed by atoms with E-state index in [1.54, 1.807) is 18.3 Å². The van der Waals surface area contributed by atoms with E-state index in [1.165, 1.54) is 0 Å². The van der Waals surface area contributed by atoms with E-state index in [9.17, 15) is 4.79 Å². The summed E-state index contributed by atoms with van der Waals surface area (Å²) >= 11 is 13.0. The van der Waals surface area contributed by atoms with Gasteiger partial charge in [-0.2, -0.15) is 0 Å². The Morgan fingerprint density at radius 3 is 2.79 bits per heavy atom. The summed E-state index contributed by atoms with van der Waals surface area (Å²) in [6.07, 6.45) is 6.09. The van der Waals surface area contributed by atoms with Crippen LogP contribution in [0.3, 0.4) is 0 Å². The first-order valence-corrected chi connectivity index (χ1v) is 9.76. The molecule has 0 spiro atoms. The molecule has 1 aliphatic heterocycles. The Bertz CT molecular complexity index is 1160. The molecule has 0 fully saturated rings. The first-order chi connectivity index (χ1) is 13.5. The number of carbonyl (C=O) groups excluding carboxylic acids is 1. The van der Waals surface area contributed by atoms with Crippen LogP contribution >= 0.6 is 23.2 Å². The Labute approximate surface area is 173 Å². The van der Waals surface area contributed by atoms with Crippen LogP contribution in [-0.4, -0.2) is 16.7 Å². The van der Waals surface area contributed by atoms with E-state index in [0.717, 1.165) is 39.0 Å². The third-order valence-corrected chi connectivity index (χ3v) is 5.77. The predicted octanol–water partition coefficient (Wildman–Crippen LogP) is 5.80. The van der Waals surface area contributed by atoms with Crippen LogP contribution in [0.15, 0.2) is 41.5 Å². The number of amides is 1. The summed E-state index contributed by atoms with van der Waals surface area (Å²) < 4.78 is 1.92. The highest BCUT2D eigenvalue weighted by Crippen LogP contribution is 2.38. The number of carbonyl (C=O) groups is 1. The molecule has 0 saturated heterocycles. The number of benzene rings is 2. The Kier molecular flexibility index (Phi) is 5.00. The van der Waals surface area contributed by atoms with Crippen LogP contribution in [0.2, 0.25) is 10.0 Å². The molecule has 2 aromatic carbocycles. The van der Waals surface area contributed by atoms with Gasteiger partial charge in [-0.15, -0.1) is 0 Å². The summed E-state index contributed by atoms with van der Waals surface area (Å²) in [4.78, 5) is 17.1. The fourth-order valence-corrected chi connectivity index (χ4v) is 4.13. The van der Waals surface area contributed by atoms with Crippen LogP contribution in [-0.2, 0) is 17.8 Å². The van der Waals surface area contributed by atoms with Crippen LogP contribution in [0.4, 0.5) is 5.69 Å². The number of halogens is 2. The molecule has 1 amide bonds. The normalized spacial score (nSPS) is 12.9. The molecule has 1 aromatic heterocycles. The first kappa shape index (κ1) is 18.8. The molecular weight excluding hydrogens is 393 g/mol. The van der Waals surface area contributed by atoms with Crippen molar-refractivity contribution in [1.29, 1.82) is 0 Å². The monoisotopic (exact) mass is 411 g/mol. The van der Waals surface area contributed by atoms with Gasteiger partial charge in [-0.3, -0.25) is 9.79 Å². The zero-order valence-electron chi connectivity index (χ0n) is 15.6. The zero-order chi connectivity index (χ0) is 19.8. The van der Waals surface area contributed by atoms with Crippen molar-refractivity contribution in [1.82, 2.24) is 4.57 Å². The van der Waals surface area contributed by atoms with Gasteiger partial charge in [-0.25, -0.2) is 0 Å². The van der Waals surface area contributed by atoms with Crippen molar-refractivity contribution < 1.29 is 4.79 Å². The second-order valence-corrected chi connectivity index (χ2v) is 7.66. The highest BCUT2D eigenvalue weighted by molar-refractivity contribution is 6.40. The molecule has 4 nitrogen and oxygen atoms in total. The minimum atomic E-state index is -0.122. The van der Waals surface area contributed by atoms with Gasteiger partial charge >= 0.3 is 0 Å². The zero-order valence-corrected chi connectivity index (χ0v) is 17.1. The Morgan fingerprint density at radius 2 is 1.96 bits per heavy atom. The van der Waals surface area contributed by atoms with Crippen LogP contribution in [0.5, 0.6) is 0 Å². The van der Waals surface area contributed by atoms with Crippen molar-refractivity contribution in [2.75, 3.05) is 5.32 Å². The van der Waals surface area contributed by atoms with Gasteiger partial charge in [0.05, 0.1) is 15.6 Å². The maximum Gasteiger partial charge on any atom is 0.244 e. The third-order valence-electron chi connectivity index (χ3n) is 5.15. The van der Waals surface area contributed by atoms with Gasteiger partial charge < -0.3 is 9.88 Å². The molecule has 0 bridgehead atoms. The second kappa shape index (κ2) is 7.46. The number of rotatable bonds is 3. The number of aromatic nitrogens is 1. The SMILES string of the molecule is Cc1cccc(NC(=O)Cn2c3c(c4c(Cl)ccc(Cl)c42)CC=NC=C3)c1C. The van der Waals surface area contributed by atoms with E-state index < -0.39 is 0 Å². The lowest BCUT2D eigenvalue weighted by Crippen LogP contribution is -2.20. The average Bonchev–Trinajstić information content (AvgIpc) is 2.81. The molecular formula is C22H19Cl2N3O. The van der Waals surface area contributed by atoms with E-state index in [2.05, 4.69) is 10.3 Å². The minimum Gasteiger partial charge on any atom is -0.330 e. The average molecular weight is 412 g/mol. The summed E-state index contributed by atoms with van der Waals surface area (Å²) in [7, 11) is 0. The number of hydrogen-bond donors (Lipinski definition) is 1. The summed E-state index contributed by atoms with van der Waals surface area (Å²) in [5.41, 5.74) is 5.71. The quantitative estimate of drug-likeness (QED) is 0.581. The molecule has 2 heterocycles. The van der Waals surface area contributed by atoms with Crippen molar-refractivity contribution in [2.45, 2.75) is 26.8 Å². The summed E-state index contributed by atoms with van der Waals surface area (Å²) in [6.45, 7) is 4.15. The van der Waals surface area contributed by atoms with Gasteiger partial charge in [0.1, 0.15) is 6.54 Å². The van der Waals surface area contributed by atoms with Crippen molar-refractivity contribution >= 4 is 58.0 Å². The minimum absolute atomic E-state index is 0.122. The molecule has 0 radical (unpaired) electrons. The topological polar surface area (TPSA) is 46.4 Å². The van der Waals surface area contributed by atoms with Crippen LogP contribution < -0.4 is 5.32 Å². The predicted molar refractivity (Wildman–Crippen MR) is 118 cm³/mol. The Balaban J connectivity index is 1.78. The molecule has 0 aliphatic carbocycles. The highest BCUT2D eigenvalue weighted by Gasteiger charge is 2.22. The van der Waals surface area contributed by atoms with Gasteiger partial charge in [0, 0.05) is 35.6 Å². The van der Waals surface area contributed by atoms with Gasteiger partial charge in [0.25, 0.3) is 0 Å². The number of aliphatic imine (C=N–C) groups is 1.